The first-order valence-electron chi connectivity index (χ1n) is 9.96. The van der Waals surface area contributed by atoms with E-state index in [0.29, 0.717) is 12.8 Å². The number of aliphatic hydroxyl groups excluding tert-OH is 2. The van der Waals surface area contributed by atoms with Gasteiger partial charge < -0.3 is 25.2 Å². The average molecular weight is 402 g/mol. The maximum Gasteiger partial charge on any atom is 0.243 e. The number of likely N-dealkylation sites (N-methyl/N-ethyl adjacent to an activating group) is 2. The van der Waals surface area contributed by atoms with Gasteiger partial charge in [-0.2, -0.15) is 0 Å². The average Bonchev–Trinajstić information content (AvgIpc) is 2.56. The standard InChI is InChI=1S/C20H39N3O5/c1-13(2)8-16(12-24)21-20(28)17(9-14(3)4)23(7)19(27)11-22(6)18(26)10-15(5)25/h12-18,25-26H,8-11H2,1-7H3,(H,21,28)/t15-,16?,17+,18?/m1/s1. The molecule has 0 radical (unpaired) electrons. The second kappa shape index (κ2) is 12.9. The molecule has 0 aromatic carbocycles. The van der Waals surface area contributed by atoms with E-state index in [1.165, 1.54) is 9.80 Å². The van der Waals surface area contributed by atoms with Crippen LogP contribution >= 0.6 is 0 Å². The Morgan fingerprint density at radius 1 is 0.964 bits per heavy atom. The Bertz CT molecular complexity index is 496. The molecule has 0 aliphatic rings. The fraction of sp³-hybridized carbons (Fsp3) is 0.850. The molecule has 0 aromatic rings. The molecule has 0 bridgehead atoms. The molecule has 0 fully saturated rings. The second-order valence-corrected chi connectivity index (χ2v) is 8.51. The highest BCUT2D eigenvalue weighted by molar-refractivity contribution is 5.89. The van der Waals surface area contributed by atoms with Gasteiger partial charge in [0.25, 0.3) is 0 Å². The van der Waals surface area contributed by atoms with E-state index in [4.69, 9.17) is 0 Å². The van der Waals surface area contributed by atoms with Crippen molar-refractivity contribution in [2.45, 2.75) is 78.3 Å². The van der Waals surface area contributed by atoms with Crippen LogP contribution in [0.4, 0.5) is 0 Å². The summed E-state index contributed by atoms with van der Waals surface area (Å²) in [6.45, 7) is 9.34. The Morgan fingerprint density at radius 3 is 1.93 bits per heavy atom. The van der Waals surface area contributed by atoms with Gasteiger partial charge in [-0.15, -0.1) is 0 Å². The highest BCUT2D eigenvalue weighted by Crippen LogP contribution is 2.13. The number of hydrogen-bond donors (Lipinski definition) is 3. The number of aldehydes is 1. The largest absolute Gasteiger partial charge is 0.393 e. The van der Waals surface area contributed by atoms with Gasteiger partial charge in [-0.3, -0.25) is 14.5 Å². The van der Waals surface area contributed by atoms with Crippen LogP contribution < -0.4 is 5.32 Å². The summed E-state index contributed by atoms with van der Waals surface area (Å²) in [6.07, 6.45) is 0.203. The van der Waals surface area contributed by atoms with Gasteiger partial charge in [-0.05, 0) is 38.6 Å². The lowest BCUT2D eigenvalue weighted by atomic mass is 10.00. The molecule has 4 atom stereocenters. The van der Waals surface area contributed by atoms with E-state index in [-0.39, 0.29) is 36.6 Å². The minimum absolute atomic E-state index is 0.0879. The van der Waals surface area contributed by atoms with E-state index >= 15 is 0 Å². The Labute approximate surface area is 169 Å². The van der Waals surface area contributed by atoms with Crippen LogP contribution in [0.5, 0.6) is 0 Å². The number of carbonyl (C=O) groups is 3. The van der Waals surface area contributed by atoms with Crippen molar-refractivity contribution in [2.75, 3.05) is 20.6 Å². The first kappa shape index (κ1) is 26.5. The molecule has 0 spiro atoms. The quantitative estimate of drug-likeness (QED) is 0.308. The topological polar surface area (TPSA) is 110 Å². The summed E-state index contributed by atoms with van der Waals surface area (Å²) in [5.74, 6) is -0.249. The molecule has 0 saturated carbocycles. The summed E-state index contributed by atoms with van der Waals surface area (Å²) in [7, 11) is 3.14. The highest BCUT2D eigenvalue weighted by Gasteiger charge is 2.30. The van der Waals surface area contributed by atoms with Gasteiger partial charge in [0, 0.05) is 13.5 Å². The molecular formula is C20H39N3O5. The molecule has 0 rings (SSSR count). The minimum Gasteiger partial charge on any atom is -0.393 e. The summed E-state index contributed by atoms with van der Waals surface area (Å²) in [5.41, 5.74) is 0. The van der Waals surface area contributed by atoms with Gasteiger partial charge in [-0.1, -0.05) is 27.7 Å². The Morgan fingerprint density at radius 2 is 1.50 bits per heavy atom. The third-order valence-corrected chi connectivity index (χ3v) is 4.52. The van der Waals surface area contributed by atoms with E-state index in [0.717, 1.165) is 6.29 Å². The van der Waals surface area contributed by atoms with Crippen LogP contribution in [0, 0.1) is 11.8 Å². The molecule has 0 aliphatic heterocycles. The van der Waals surface area contributed by atoms with Crippen molar-refractivity contribution in [1.29, 1.82) is 0 Å². The van der Waals surface area contributed by atoms with Gasteiger partial charge in [0.05, 0.1) is 18.7 Å². The Balaban J connectivity index is 5.13. The summed E-state index contributed by atoms with van der Waals surface area (Å²) in [6, 6.07) is -1.29. The molecule has 0 aromatic heterocycles. The molecule has 0 saturated heterocycles. The van der Waals surface area contributed by atoms with Gasteiger partial charge in [0.15, 0.2) is 0 Å². The zero-order chi connectivity index (χ0) is 22.0. The van der Waals surface area contributed by atoms with E-state index < -0.39 is 24.4 Å². The van der Waals surface area contributed by atoms with E-state index in [1.807, 2.05) is 27.7 Å². The summed E-state index contributed by atoms with van der Waals surface area (Å²) in [5, 5.41) is 22.1. The molecule has 0 heterocycles. The van der Waals surface area contributed by atoms with Crippen molar-refractivity contribution in [1.82, 2.24) is 15.1 Å². The molecule has 8 nitrogen and oxygen atoms in total. The molecule has 28 heavy (non-hydrogen) atoms. The van der Waals surface area contributed by atoms with Crippen LogP contribution in [0.1, 0.15) is 53.9 Å². The zero-order valence-corrected chi connectivity index (χ0v) is 18.4. The van der Waals surface area contributed by atoms with Crippen molar-refractivity contribution in [3.8, 4) is 0 Å². The predicted molar refractivity (Wildman–Crippen MR) is 108 cm³/mol. The maximum absolute atomic E-state index is 12.8. The Hall–Kier alpha value is -1.51. The third kappa shape index (κ3) is 10.1. The monoisotopic (exact) mass is 401 g/mol. The van der Waals surface area contributed by atoms with E-state index in [9.17, 15) is 24.6 Å². The fourth-order valence-electron chi connectivity index (χ4n) is 2.91. The van der Waals surface area contributed by atoms with Gasteiger partial charge in [-0.25, -0.2) is 0 Å². The first-order chi connectivity index (χ1) is 12.9. The number of aliphatic hydroxyl groups is 2. The Kier molecular flexibility index (Phi) is 12.2. The van der Waals surface area contributed by atoms with Crippen molar-refractivity contribution in [2.24, 2.45) is 11.8 Å². The van der Waals surface area contributed by atoms with Crippen LogP contribution in [0.25, 0.3) is 0 Å². The van der Waals surface area contributed by atoms with E-state index in [2.05, 4.69) is 5.32 Å². The SMILES string of the molecule is CC(C)CC(C=O)NC(=O)[C@H](CC(C)C)N(C)C(=O)CN(C)C(O)C[C@@H](C)O. The van der Waals surface area contributed by atoms with E-state index in [1.54, 1.807) is 21.0 Å². The number of nitrogens with zero attached hydrogens (tertiary/aromatic N) is 2. The highest BCUT2D eigenvalue weighted by atomic mass is 16.3. The smallest absolute Gasteiger partial charge is 0.243 e. The maximum atomic E-state index is 12.8. The fourth-order valence-corrected chi connectivity index (χ4v) is 2.91. The van der Waals surface area contributed by atoms with Crippen molar-refractivity contribution < 1.29 is 24.6 Å². The van der Waals surface area contributed by atoms with Crippen LogP contribution in [-0.2, 0) is 14.4 Å². The van der Waals surface area contributed by atoms with Crippen LogP contribution in [0.2, 0.25) is 0 Å². The van der Waals surface area contributed by atoms with Gasteiger partial charge >= 0.3 is 0 Å². The molecular weight excluding hydrogens is 362 g/mol. The van der Waals surface area contributed by atoms with Crippen molar-refractivity contribution in [3.63, 3.8) is 0 Å². The number of carbonyl (C=O) groups excluding carboxylic acids is 3. The van der Waals surface area contributed by atoms with Crippen molar-refractivity contribution in [3.05, 3.63) is 0 Å². The predicted octanol–water partition coefficient (Wildman–Crippen LogP) is 0.610. The summed E-state index contributed by atoms with van der Waals surface area (Å²) < 4.78 is 0. The third-order valence-electron chi connectivity index (χ3n) is 4.52. The normalized spacial score (nSPS) is 16.0. The van der Waals surface area contributed by atoms with Gasteiger partial charge in [0.1, 0.15) is 18.6 Å². The summed E-state index contributed by atoms with van der Waals surface area (Å²) >= 11 is 0. The zero-order valence-electron chi connectivity index (χ0n) is 18.4. The number of rotatable bonds is 13. The lowest BCUT2D eigenvalue weighted by molar-refractivity contribution is -0.142. The molecule has 164 valence electrons. The molecule has 2 unspecified atom stereocenters. The molecule has 3 N–H and O–H groups in total. The lowest BCUT2D eigenvalue weighted by Crippen LogP contribution is -2.53. The summed E-state index contributed by atoms with van der Waals surface area (Å²) in [4.78, 5) is 39.5. The van der Waals surface area contributed by atoms with Crippen molar-refractivity contribution >= 4 is 18.1 Å². The minimum atomic E-state index is -0.958. The number of hydrogen-bond acceptors (Lipinski definition) is 6. The van der Waals surface area contributed by atoms with Gasteiger partial charge in [0.2, 0.25) is 11.8 Å². The van der Waals surface area contributed by atoms with Crippen LogP contribution in [0.15, 0.2) is 0 Å². The lowest BCUT2D eigenvalue weighted by Gasteiger charge is -2.32. The molecule has 0 aliphatic carbocycles. The van der Waals surface area contributed by atoms with Crippen LogP contribution in [-0.4, -0.2) is 83.2 Å². The molecule has 8 heteroatoms. The van der Waals surface area contributed by atoms with Crippen LogP contribution in [0.3, 0.4) is 0 Å². The second-order valence-electron chi connectivity index (χ2n) is 8.51. The molecule has 2 amide bonds. The number of nitrogens with one attached hydrogen (secondary N) is 1. The number of amides is 2. The first-order valence-corrected chi connectivity index (χ1v) is 9.96.